The van der Waals surface area contributed by atoms with E-state index in [1.165, 1.54) is 18.2 Å². The Bertz CT molecular complexity index is 597. The maximum absolute atomic E-state index is 12.6. The van der Waals surface area contributed by atoms with E-state index < -0.39 is 23.0 Å². The number of hydrogen-bond acceptors (Lipinski definition) is 4. The van der Waals surface area contributed by atoms with E-state index in [0.717, 1.165) is 4.31 Å². The molecule has 0 fully saturated rings. The van der Waals surface area contributed by atoms with Gasteiger partial charge in [0, 0.05) is 17.9 Å². The minimum atomic E-state index is -4.00. The van der Waals surface area contributed by atoms with E-state index in [0.29, 0.717) is 24.7 Å². The zero-order chi connectivity index (χ0) is 15.5. The molecule has 0 atom stereocenters. The van der Waals surface area contributed by atoms with Gasteiger partial charge in [-0.25, -0.2) is 17.2 Å². The zero-order valence-corrected chi connectivity index (χ0v) is 13.4. The molecular weight excluding hydrogens is 372 g/mol. The van der Waals surface area contributed by atoms with Crippen molar-refractivity contribution >= 4 is 26.0 Å². The van der Waals surface area contributed by atoms with Crippen molar-refractivity contribution in [2.75, 3.05) is 31.6 Å². The smallest absolute Gasteiger partial charge is 0.252 e. The van der Waals surface area contributed by atoms with Crippen LogP contribution >= 0.6 is 15.9 Å². The van der Waals surface area contributed by atoms with Gasteiger partial charge in [0.2, 0.25) is 10.0 Å². The highest BCUT2D eigenvalue weighted by molar-refractivity contribution is 9.09. The summed E-state index contributed by atoms with van der Waals surface area (Å²) in [6, 6.07) is 4.10. The molecule has 0 spiro atoms. The topological polar surface area (TPSA) is 55.8 Å². The second kappa shape index (κ2) is 6.89. The van der Waals surface area contributed by atoms with Gasteiger partial charge in [-0.1, -0.05) is 15.9 Å². The molecule has 1 aliphatic rings. The molecule has 5 nitrogen and oxygen atoms in total. The van der Waals surface area contributed by atoms with E-state index in [9.17, 15) is 17.2 Å². The van der Waals surface area contributed by atoms with Crippen LogP contribution in [0.15, 0.2) is 23.1 Å². The van der Waals surface area contributed by atoms with Crippen LogP contribution < -0.4 is 9.47 Å². The third kappa shape index (κ3) is 3.83. The van der Waals surface area contributed by atoms with Crippen LogP contribution in [0.25, 0.3) is 0 Å². The molecule has 0 aliphatic carbocycles. The summed E-state index contributed by atoms with van der Waals surface area (Å²) in [5, 5.41) is 0.267. The predicted octanol–water partition coefficient (Wildman–Crippen LogP) is 2.11. The summed E-state index contributed by atoms with van der Waals surface area (Å²) in [6.07, 6.45) is -2.74. The van der Waals surface area contributed by atoms with Gasteiger partial charge in [0.15, 0.2) is 11.5 Å². The molecule has 118 valence electrons. The van der Waals surface area contributed by atoms with E-state index in [-0.39, 0.29) is 16.8 Å². The van der Waals surface area contributed by atoms with Crippen molar-refractivity contribution in [1.29, 1.82) is 0 Å². The van der Waals surface area contributed by atoms with Crippen LogP contribution in [0.3, 0.4) is 0 Å². The molecule has 1 aromatic rings. The Labute approximate surface area is 130 Å². The quantitative estimate of drug-likeness (QED) is 0.703. The van der Waals surface area contributed by atoms with Crippen molar-refractivity contribution in [2.45, 2.75) is 11.3 Å². The molecule has 0 radical (unpaired) electrons. The van der Waals surface area contributed by atoms with Gasteiger partial charge in [-0.05, 0) is 12.1 Å². The highest BCUT2D eigenvalue weighted by atomic mass is 79.9. The van der Waals surface area contributed by atoms with Crippen molar-refractivity contribution in [2.24, 2.45) is 0 Å². The molecule has 0 saturated heterocycles. The third-order valence-electron chi connectivity index (χ3n) is 2.83. The van der Waals surface area contributed by atoms with Crippen LogP contribution in [0.1, 0.15) is 0 Å². The standard InChI is InChI=1S/C12H14BrF2NO4S/c13-3-4-16(8-12(14)15)21(17,18)9-1-2-10-11(7-9)20-6-5-19-10/h1-2,7,12H,3-6,8H2. The fourth-order valence-electron chi connectivity index (χ4n) is 1.89. The molecule has 1 heterocycles. The summed E-state index contributed by atoms with van der Waals surface area (Å²) >= 11 is 3.07. The van der Waals surface area contributed by atoms with E-state index in [2.05, 4.69) is 15.9 Å². The van der Waals surface area contributed by atoms with Crippen molar-refractivity contribution < 1.29 is 26.7 Å². The summed E-state index contributed by atoms with van der Waals surface area (Å²) in [6.45, 7) is -0.178. The fraction of sp³-hybridized carbons (Fsp3) is 0.500. The Kier molecular flexibility index (Phi) is 5.39. The third-order valence-corrected chi connectivity index (χ3v) is 5.04. The number of hydrogen-bond donors (Lipinski definition) is 0. The molecule has 1 aliphatic heterocycles. The Morgan fingerprint density at radius 1 is 1.24 bits per heavy atom. The number of rotatable bonds is 6. The minimum absolute atomic E-state index is 0.0406. The molecule has 2 rings (SSSR count). The Balaban J connectivity index is 2.32. The Morgan fingerprint density at radius 3 is 2.52 bits per heavy atom. The zero-order valence-electron chi connectivity index (χ0n) is 11.0. The van der Waals surface area contributed by atoms with Crippen molar-refractivity contribution in [3.05, 3.63) is 18.2 Å². The van der Waals surface area contributed by atoms with Crippen LogP contribution in [-0.4, -0.2) is 50.8 Å². The number of benzene rings is 1. The van der Waals surface area contributed by atoms with E-state index in [1.54, 1.807) is 0 Å². The van der Waals surface area contributed by atoms with Gasteiger partial charge in [-0.15, -0.1) is 0 Å². The SMILES string of the molecule is O=S(=O)(c1ccc2c(c1)OCCO2)N(CCBr)CC(F)F. The van der Waals surface area contributed by atoms with Gasteiger partial charge in [-0.2, -0.15) is 4.31 Å². The van der Waals surface area contributed by atoms with Crippen LogP contribution in [0, 0.1) is 0 Å². The Hall–Kier alpha value is -0.930. The Morgan fingerprint density at radius 2 is 1.90 bits per heavy atom. The van der Waals surface area contributed by atoms with E-state index in [1.807, 2.05) is 0 Å². The molecule has 0 saturated carbocycles. The summed E-state index contributed by atoms with van der Waals surface area (Å²) in [5.74, 6) is 0.749. The van der Waals surface area contributed by atoms with Crippen molar-refractivity contribution in [3.8, 4) is 11.5 Å². The number of ether oxygens (including phenoxy) is 2. The van der Waals surface area contributed by atoms with Gasteiger partial charge in [0.05, 0.1) is 11.4 Å². The molecule has 0 unspecified atom stereocenters. The highest BCUT2D eigenvalue weighted by Gasteiger charge is 2.28. The highest BCUT2D eigenvalue weighted by Crippen LogP contribution is 2.33. The molecule has 9 heteroatoms. The van der Waals surface area contributed by atoms with Crippen molar-refractivity contribution in [3.63, 3.8) is 0 Å². The first-order valence-corrected chi connectivity index (χ1v) is 8.75. The molecule has 0 N–H and O–H groups in total. The van der Waals surface area contributed by atoms with Crippen LogP contribution in [0.2, 0.25) is 0 Å². The fourth-order valence-corrected chi connectivity index (χ4v) is 3.99. The van der Waals surface area contributed by atoms with Crippen LogP contribution in [0.5, 0.6) is 11.5 Å². The molecule has 0 amide bonds. The average molecular weight is 386 g/mol. The van der Waals surface area contributed by atoms with Gasteiger partial charge in [-0.3, -0.25) is 0 Å². The van der Waals surface area contributed by atoms with E-state index >= 15 is 0 Å². The van der Waals surface area contributed by atoms with E-state index in [4.69, 9.17) is 9.47 Å². The molecular formula is C12H14BrF2NO4S. The van der Waals surface area contributed by atoms with Crippen molar-refractivity contribution in [1.82, 2.24) is 4.31 Å². The summed E-state index contributed by atoms with van der Waals surface area (Å²) in [5.41, 5.74) is 0. The summed E-state index contributed by atoms with van der Waals surface area (Å²) < 4.78 is 61.3. The first-order chi connectivity index (χ1) is 9.95. The number of nitrogens with zero attached hydrogens (tertiary/aromatic N) is 1. The lowest BCUT2D eigenvalue weighted by Crippen LogP contribution is -2.36. The number of halogens is 3. The summed E-state index contributed by atoms with van der Waals surface area (Å²) in [7, 11) is -4.00. The lowest BCUT2D eigenvalue weighted by atomic mass is 10.3. The van der Waals surface area contributed by atoms with Crippen LogP contribution in [-0.2, 0) is 10.0 Å². The second-order valence-electron chi connectivity index (χ2n) is 4.25. The summed E-state index contributed by atoms with van der Waals surface area (Å²) in [4.78, 5) is -0.0895. The second-order valence-corrected chi connectivity index (χ2v) is 6.98. The maximum Gasteiger partial charge on any atom is 0.252 e. The lowest BCUT2D eigenvalue weighted by Gasteiger charge is -2.23. The molecule has 0 aromatic heterocycles. The largest absolute Gasteiger partial charge is 0.486 e. The van der Waals surface area contributed by atoms with Gasteiger partial charge < -0.3 is 9.47 Å². The lowest BCUT2D eigenvalue weighted by molar-refractivity contribution is 0.121. The molecule has 21 heavy (non-hydrogen) atoms. The number of alkyl halides is 3. The average Bonchev–Trinajstić information content (AvgIpc) is 2.46. The van der Waals surface area contributed by atoms with Gasteiger partial charge >= 0.3 is 0 Å². The number of sulfonamides is 1. The first-order valence-electron chi connectivity index (χ1n) is 6.19. The maximum atomic E-state index is 12.6. The first kappa shape index (κ1) is 16.4. The normalized spacial score (nSPS) is 14.7. The van der Waals surface area contributed by atoms with Gasteiger partial charge in [0.1, 0.15) is 13.2 Å². The monoisotopic (exact) mass is 385 g/mol. The van der Waals surface area contributed by atoms with Crippen LogP contribution in [0.4, 0.5) is 8.78 Å². The minimum Gasteiger partial charge on any atom is -0.486 e. The van der Waals surface area contributed by atoms with Gasteiger partial charge in [0.25, 0.3) is 6.43 Å². The predicted molar refractivity (Wildman–Crippen MR) is 76.0 cm³/mol. The molecule has 1 aromatic carbocycles. The molecule has 0 bridgehead atoms. The number of fused-ring (bicyclic) bond motifs is 1.